The van der Waals surface area contributed by atoms with E-state index in [1.54, 1.807) is 0 Å². The summed E-state index contributed by atoms with van der Waals surface area (Å²) >= 11 is 11.2. The molecule has 0 aliphatic carbocycles. The molecule has 0 heterocycles. The van der Waals surface area contributed by atoms with Crippen LogP contribution in [0.2, 0.25) is 10.0 Å². The van der Waals surface area contributed by atoms with Crippen molar-refractivity contribution in [2.45, 2.75) is 0 Å². The monoisotopic (exact) mass is 241 g/mol. The van der Waals surface area contributed by atoms with Gasteiger partial charge in [-0.05, 0) is 12.1 Å². The molecule has 0 saturated heterocycles. The molecule has 0 amide bonds. The van der Waals surface area contributed by atoms with Gasteiger partial charge in [-0.2, -0.15) is 8.99 Å². The van der Waals surface area contributed by atoms with Crippen LogP contribution in [0.4, 0.5) is 0 Å². The largest absolute Gasteiger partial charge is 0.376 e. The van der Waals surface area contributed by atoms with E-state index in [4.69, 9.17) is 32.5 Å². The first-order chi connectivity index (χ1) is 5.88. The third-order valence-electron chi connectivity index (χ3n) is 1.10. The molecule has 0 aromatic heterocycles. The van der Waals surface area contributed by atoms with E-state index >= 15 is 0 Å². The molecule has 0 bridgehead atoms. The number of rotatable bonds is 2. The van der Waals surface area contributed by atoms with E-state index in [0.717, 1.165) is 0 Å². The van der Waals surface area contributed by atoms with Crippen molar-refractivity contribution in [2.24, 2.45) is 0 Å². The van der Waals surface area contributed by atoms with Gasteiger partial charge in [0.2, 0.25) is 0 Å². The summed E-state index contributed by atoms with van der Waals surface area (Å²) in [6.07, 6.45) is 0. The molecule has 7 heteroatoms. The molecule has 1 aromatic carbocycles. The lowest BCUT2D eigenvalue weighted by atomic mass is 10.3. The van der Waals surface area contributed by atoms with Crippen molar-refractivity contribution in [3.8, 4) is 5.75 Å². The second kappa shape index (κ2) is 3.71. The molecule has 1 aromatic rings. The highest BCUT2D eigenvalue weighted by molar-refractivity contribution is 7.82. The van der Waals surface area contributed by atoms with Crippen molar-refractivity contribution in [3.05, 3.63) is 28.2 Å². The molecule has 1 atom stereocenters. The first-order valence-electron chi connectivity index (χ1n) is 3.04. The lowest BCUT2D eigenvalue weighted by molar-refractivity contribution is 0.439. The molecule has 0 saturated carbocycles. The van der Waals surface area contributed by atoms with E-state index in [1.807, 2.05) is 0 Å². The van der Waals surface area contributed by atoms with Crippen LogP contribution in [0.1, 0.15) is 0 Å². The van der Waals surface area contributed by atoms with Gasteiger partial charge in [0.05, 0.1) is 10.0 Å². The SMILES string of the molecule is N=S(=O)(O)Oc1ccc(Cl)c(Cl)c1. The summed E-state index contributed by atoms with van der Waals surface area (Å²) in [7, 11) is -4.01. The number of halogens is 2. The highest BCUT2D eigenvalue weighted by atomic mass is 35.5. The van der Waals surface area contributed by atoms with Gasteiger partial charge in [0.15, 0.2) is 0 Å². The molecule has 2 N–H and O–H groups in total. The van der Waals surface area contributed by atoms with Gasteiger partial charge in [-0.1, -0.05) is 23.2 Å². The average molecular weight is 242 g/mol. The summed E-state index contributed by atoms with van der Waals surface area (Å²) in [6, 6.07) is 4.01. The predicted octanol–water partition coefficient (Wildman–Crippen LogP) is 2.81. The van der Waals surface area contributed by atoms with Crippen LogP contribution in [0.3, 0.4) is 0 Å². The third kappa shape index (κ3) is 3.40. The van der Waals surface area contributed by atoms with E-state index < -0.39 is 10.3 Å². The topological polar surface area (TPSA) is 70.4 Å². The second-order valence-corrected chi connectivity index (χ2v) is 4.07. The molecule has 72 valence electrons. The molecule has 0 aliphatic heterocycles. The smallest absolute Gasteiger partial charge is 0.334 e. The van der Waals surface area contributed by atoms with Crippen LogP contribution >= 0.6 is 23.2 Å². The Morgan fingerprint density at radius 2 is 2.00 bits per heavy atom. The molecular weight excluding hydrogens is 237 g/mol. The van der Waals surface area contributed by atoms with E-state index in [-0.39, 0.29) is 10.8 Å². The first kappa shape index (κ1) is 10.6. The van der Waals surface area contributed by atoms with Crippen molar-refractivity contribution in [3.63, 3.8) is 0 Å². The molecule has 4 nitrogen and oxygen atoms in total. The van der Waals surface area contributed by atoms with Gasteiger partial charge in [-0.25, -0.2) is 0 Å². The van der Waals surface area contributed by atoms with Gasteiger partial charge in [0.25, 0.3) is 0 Å². The Morgan fingerprint density at radius 1 is 1.38 bits per heavy atom. The van der Waals surface area contributed by atoms with E-state index in [1.165, 1.54) is 18.2 Å². The quantitative estimate of drug-likeness (QED) is 0.837. The van der Waals surface area contributed by atoms with Gasteiger partial charge >= 0.3 is 10.3 Å². The zero-order valence-corrected chi connectivity index (χ0v) is 8.49. The van der Waals surface area contributed by atoms with Gasteiger partial charge in [-0.15, -0.1) is 0 Å². The highest BCUT2D eigenvalue weighted by Gasteiger charge is 2.05. The van der Waals surface area contributed by atoms with E-state index in [0.29, 0.717) is 5.02 Å². The van der Waals surface area contributed by atoms with Crippen molar-refractivity contribution < 1.29 is 12.9 Å². The maximum atomic E-state index is 10.5. The minimum atomic E-state index is -4.01. The van der Waals surface area contributed by atoms with E-state index in [9.17, 15) is 4.21 Å². The average Bonchev–Trinajstić information content (AvgIpc) is 1.94. The van der Waals surface area contributed by atoms with Gasteiger partial charge in [0, 0.05) is 6.07 Å². The molecule has 0 fully saturated rings. The molecule has 0 spiro atoms. The zero-order chi connectivity index (χ0) is 10.1. The summed E-state index contributed by atoms with van der Waals surface area (Å²) < 4.78 is 29.9. The first-order valence-corrected chi connectivity index (χ1v) is 5.24. The summed E-state index contributed by atoms with van der Waals surface area (Å²) in [4.78, 5) is 0. The van der Waals surface area contributed by atoms with Gasteiger partial charge in [-0.3, -0.25) is 4.55 Å². The number of hydrogen-bond acceptors (Lipinski definition) is 3. The van der Waals surface area contributed by atoms with Crippen LogP contribution in [0, 0.1) is 4.78 Å². The van der Waals surface area contributed by atoms with Crippen LogP contribution in [0.25, 0.3) is 0 Å². The Bertz CT molecular complexity index is 418. The summed E-state index contributed by atoms with van der Waals surface area (Å²) in [5, 5.41) is 0.506. The Balaban J connectivity index is 2.99. The van der Waals surface area contributed by atoms with Crippen LogP contribution in [0.15, 0.2) is 18.2 Å². The molecule has 13 heavy (non-hydrogen) atoms. The molecule has 0 aliphatic rings. The molecule has 1 rings (SSSR count). The van der Waals surface area contributed by atoms with E-state index in [2.05, 4.69) is 4.18 Å². The Labute approximate surface area is 85.4 Å². The zero-order valence-electron chi connectivity index (χ0n) is 6.16. The Kier molecular flexibility index (Phi) is 3.02. The Hall–Kier alpha value is -0.490. The fourth-order valence-electron chi connectivity index (χ4n) is 0.659. The van der Waals surface area contributed by atoms with Crippen molar-refractivity contribution in [1.29, 1.82) is 4.78 Å². The third-order valence-corrected chi connectivity index (χ3v) is 2.26. The fourth-order valence-corrected chi connectivity index (χ4v) is 1.31. The Morgan fingerprint density at radius 3 is 2.46 bits per heavy atom. The van der Waals surface area contributed by atoms with Crippen molar-refractivity contribution in [1.82, 2.24) is 0 Å². The maximum absolute atomic E-state index is 10.5. The fraction of sp³-hybridized carbons (Fsp3) is 0. The summed E-state index contributed by atoms with van der Waals surface area (Å²) in [5.74, 6) is 0.0249. The lowest BCUT2D eigenvalue weighted by Gasteiger charge is -2.03. The number of hydrogen-bond donors (Lipinski definition) is 2. The van der Waals surface area contributed by atoms with Crippen LogP contribution < -0.4 is 4.18 Å². The molecule has 0 radical (unpaired) electrons. The van der Waals surface area contributed by atoms with Crippen LogP contribution in [-0.4, -0.2) is 8.76 Å². The summed E-state index contributed by atoms with van der Waals surface area (Å²) in [6.45, 7) is 0. The number of nitrogens with one attached hydrogen (secondary N) is 1. The normalized spacial score (nSPS) is 15.0. The summed E-state index contributed by atoms with van der Waals surface area (Å²) in [5.41, 5.74) is 0. The maximum Gasteiger partial charge on any atom is 0.334 e. The second-order valence-electron chi connectivity index (χ2n) is 2.13. The van der Waals surface area contributed by atoms with Crippen molar-refractivity contribution >= 4 is 33.5 Å². The van der Waals surface area contributed by atoms with Crippen LogP contribution in [-0.2, 0) is 10.3 Å². The van der Waals surface area contributed by atoms with Gasteiger partial charge in [0.1, 0.15) is 5.75 Å². The number of benzene rings is 1. The minimum Gasteiger partial charge on any atom is -0.376 e. The lowest BCUT2D eigenvalue weighted by Crippen LogP contribution is -2.04. The molecule has 1 unspecified atom stereocenters. The van der Waals surface area contributed by atoms with Crippen molar-refractivity contribution in [2.75, 3.05) is 0 Å². The minimum absolute atomic E-state index is 0.0249. The molecular formula is C6H5Cl2NO3S. The van der Waals surface area contributed by atoms with Crippen LogP contribution in [0.5, 0.6) is 5.75 Å². The standard InChI is InChI=1S/C6H5Cl2NO3S/c7-5-2-1-4(3-6(5)8)12-13(9,10)11/h1-3H,(H2,9,10,11). The highest BCUT2D eigenvalue weighted by Crippen LogP contribution is 2.26. The van der Waals surface area contributed by atoms with Gasteiger partial charge < -0.3 is 4.18 Å². The predicted molar refractivity (Wildman–Crippen MR) is 50.6 cm³/mol.